The molecule has 4 rings (SSSR count). The number of esters is 2. The number of hydrogen-bond acceptors (Lipinski definition) is 7. The second-order valence-corrected chi connectivity index (χ2v) is 12.3. The smallest absolute Gasteiger partial charge is 0.321 e. The zero-order valence-electron chi connectivity index (χ0n) is 22.2. The van der Waals surface area contributed by atoms with Gasteiger partial charge in [0, 0.05) is 17.8 Å². The molecule has 0 N–H and O–H groups in total. The number of Topliss-reactive ketones (excluding diaryl/α,β-unsaturated/α-hetero) is 2. The van der Waals surface area contributed by atoms with E-state index in [2.05, 4.69) is 0 Å². The number of ketones is 2. The summed E-state index contributed by atoms with van der Waals surface area (Å²) < 4.78 is 11.0. The van der Waals surface area contributed by atoms with E-state index in [1.807, 2.05) is 26.8 Å². The van der Waals surface area contributed by atoms with Crippen LogP contribution in [0.4, 0.5) is 0 Å². The first-order valence-electron chi connectivity index (χ1n) is 12.6. The molecule has 0 spiro atoms. The Morgan fingerprint density at radius 3 is 2.23 bits per heavy atom. The van der Waals surface area contributed by atoms with Crippen molar-refractivity contribution < 1.29 is 33.4 Å². The monoisotopic (exact) mass is 486 g/mol. The molecule has 0 aromatic rings. The van der Waals surface area contributed by atoms with Gasteiger partial charge in [-0.3, -0.25) is 19.2 Å². The van der Waals surface area contributed by atoms with Gasteiger partial charge in [0.1, 0.15) is 17.8 Å². The van der Waals surface area contributed by atoms with Crippen LogP contribution in [-0.4, -0.2) is 43.0 Å². The van der Waals surface area contributed by atoms with E-state index in [1.54, 1.807) is 20.8 Å². The minimum atomic E-state index is -1.70. The van der Waals surface area contributed by atoms with Crippen molar-refractivity contribution in [2.75, 3.05) is 7.11 Å². The fourth-order valence-electron chi connectivity index (χ4n) is 9.19. The molecule has 3 saturated carbocycles. The van der Waals surface area contributed by atoms with Gasteiger partial charge >= 0.3 is 11.9 Å². The summed E-state index contributed by atoms with van der Waals surface area (Å²) in [4.78, 5) is 66.4. The molecule has 3 fully saturated rings. The second-order valence-electron chi connectivity index (χ2n) is 12.3. The molecule has 0 amide bonds. The van der Waals surface area contributed by atoms with Crippen LogP contribution in [0.25, 0.3) is 0 Å². The molecule has 0 bridgehead atoms. The van der Waals surface area contributed by atoms with E-state index in [0.29, 0.717) is 31.3 Å². The summed E-state index contributed by atoms with van der Waals surface area (Å²) in [5, 5.41) is 0. The minimum absolute atomic E-state index is 0.128. The van der Waals surface area contributed by atoms with Gasteiger partial charge in [0.05, 0.1) is 18.4 Å². The number of rotatable bonds is 3. The van der Waals surface area contributed by atoms with Crippen molar-refractivity contribution in [1.29, 1.82) is 0 Å². The summed E-state index contributed by atoms with van der Waals surface area (Å²) in [7, 11) is 1.26. The van der Waals surface area contributed by atoms with Crippen LogP contribution < -0.4 is 0 Å². The molecule has 4 aliphatic rings. The Hall–Kier alpha value is -2.31. The van der Waals surface area contributed by atoms with Gasteiger partial charge < -0.3 is 14.3 Å². The molecule has 0 aliphatic heterocycles. The number of ether oxygens (including phenoxy) is 2. The minimum Gasteiger partial charge on any atom is -0.468 e. The van der Waals surface area contributed by atoms with E-state index in [9.17, 15) is 24.0 Å². The Labute approximate surface area is 207 Å². The quantitative estimate of drug-likeness (QED) is 0.258. The summed E-state index contributed by atoms with van der Waals surface area (Å²) in [5.41, 5.74) is -4.74. The average Bonchev–Trinajstić information content (AvgIpc) is 2.95. The molecule has 192 valence electrons. The second kappa shape index (κ2) is 7.59. The molecule has 0 heterocycles. The normalized spacial score (nSPS) is 46.0. The van der Waals surface area contributed by atoms with Crippen LogP contribution >= 0.6 is 0 Å². The SMILES string of the molecule is COC(=O)[C@@]12C(=O)[C@H](C)C(=O)[C@]1(C)C(C)=C[C@H]1[C@]3(C=O)CC[C@H](OC(C)=O)C(C)(C)[C@H]3CC[C@@]12C. The molecular weight excluding hydrogens is 448 g/mol. The first kappa shape index (κ1) is 25.8. The van der Waals surface area contributed by atoms with Gasteiger partial charge in [-0.25, -0.2) is 0 Å². The Morgan fingerprint density at radius 1 is 1.06 bits per heavy atom. The van der Waals surface area contributed by atoms with Gasteiger partial charge in [-0.05, 0) is 63.7 Å². The maximum atomic E-state index is 14.0. The fraction of sp³-hybridized carbons (Fsp3) is 0.750. The predicted molar refractivity (Wildman–Crippen MR) is 127 cm³/mol. The zero-order chi connectivity index (χ0) is 26.4. The first-order valence-corrected chi connectivity index (χ1v) is 12.6. The van der Waals surface area contributed by atoms with E-state index in [0.717, 1.165) is 6.29 Å². The van der Waals surface area contributed by atoms with E-state index < -0.39 is 50.7 Å². The molecule has 0 unspecified atom stereocenters. The van der Waals surface area contributed by atoms with Crippen LogP contribution in [-0.2, 0) is 33.4 Å². The molecule has 7 nitrogen and oxygen atoms in total. The van der Waals surface area contributed by atoms with Crippen LogP contribution in [0.1, 0.15) is 74.1 Å². The van der Waals surface area contributed by atoms with Gasteiger partial charge in [0.25, 0.3) is 0 Å². The zero-order valence-corrected chi connectivity index (χ0v) is 22.2. The number of allylic oxidation sites excluding steroid dienone is 2. The summed E-state index contributed by atoms with van der Waals surface area (Å²) in [6.45, 7) is 12.5. The van der Waals surface area contributed by atoms with Gasteiger partial charge in [-0.1, -0.05) is 32.4 Å². The van der Waals surface area contributed by atoms with Crippen LogP contribution in [0.2, 0.25) is 0 Å². The summed E-state index contributed by atoms with van der Waals surface area (Å²) in [6.07, 6.45) is 4.71. The maximum absolute atomic E-state index is 14.0. The standard InChI is InChI=1S/C28H38O7/c1-15-13-19-25(6,28(23(33)34-8)22(32)16(2)21(31)26(15,28)7)11-9-18-24(4,5)20(35-17(3)30)10-12-27(18,19)14-29/h13-14,16,18-20H,9-12H2,1-8H3/t16-,18-,19-,20+,25+,26+,27+,28-/m1/s1. The third-order valence-electron chi connectivity index (χ3n) is 10.9. The lowest BCUT2D eigenvalue weighted by Crippen LogP contribution is -2.70. The highest BCUT2D eigenvalue weighted by Gasteiger charge is 2.82. The van der Waals surface area contributed by atoms with Gasteiger partial charge in [0.2, 0.25) is 0 Å². The van der Waals surface area contributed by atoms with E-state index in [4.69, 9.17) is 9.47 Å². The summed E-state index contributed by atoms with van der Waals surface area (Å²) in [5.74, 6) is -3.20. The molecule has 0 radical (unpaired) electrons. The third kappa shape index (κ3) is 2.65. The molecule has 0 saturated heterocycles. The molecule has 4 aliphatic carbocycles. The van der Waals surface area contributed by atoms with E-state index >= 15 is 0 Å². The van der Waals surface area contributed by atoms with Gasteiger partial charge in [-0.15, -0.1) is 0 Å². The van der Waals surface area contributed by atoms with E-state index in [1.165, 1.54) is 14.0 Å². The Morgan fingerprint density at radius 2 is 1.69 bits per heavy atom. The van der Waals surface area contributed by atoms with Crippen molar-refractivity contribution in [2.24, 2.45) is 44.8 Å². The molecule has 7 heteroatoms. The van der Waals surface area contributed by atoms with Crippen molar-refractivity contribution in [3.63, 3.8) is 0 Å². The lowest BCUT2D eigenvalue weighted by molar-refractivity contribution is -0.217. The highest BCUT2D eigenvalue weighted by Crippen LogP contribution is 2.76. The van der Waals surface area contributed by atoms with Crippen molar-refractivity contribution >= 4 is 29.8 Å². The van der Waals surface area contributed by atoms with Crippen LogP contribution in [0.5, 0.6) is 0 Å². The van der Waals surface area contributed by atoms with E-state index in [-0.39, 0.29) is 23.8 Å². The highest BCUT2D eigenvalue weighted by molar-refractivity contribution is 6.25. The molecule has 35 heavy (non-hydrogen) atoms. The van der Waals surface area contributed by atoms with Crippen LogP contribution in [0.15, 0.2) is 11.6 Å². The number of aldehydes is 1. The summed E-state index contributed by atoms with van der Waals surface area (Å²) in [6, 6.07) is 0. The lowest BCUT2D eigenvalue weighted by Gasteiger charge is -2.67. The summed E-state index contributed by atoms with van der Waals surface area (Å²) >= 11 is 0. The Bertz CT molecular complexity index is 1060. The number of carbonyl (C=O) groups is 5. The number of methoxy groups -OCH3 is 1. The largest absolute Gasteiger partial charge is 0.468 e. The number of hydrogen-bond donors (Lipinski definition) is 0. The molecular formula is C28H38O7. The van der Waals surface area contributed by atoms with Crippen molar-refractivity contribution in [3.8, 4) is 0 Å². The lowest BCUT2D eigenvalue weighted by atomic mass is 9.34. The number of fused-ring (bicyclic) bond motifs is 5. The topological polar surface area (TPSA) is 104 Å². The Balaban J connectivity index is 1.99. The number of carbonyl (C=O) groups excluding carboxylic acids is 5. The van der Waals surface area contributed by atoms with Crippen molar-refractivity contribution in [1.82, 2.24) is 0 Å². The molecule has 8 atom stereocenters. The highest BCUT2D eigenvalue weighted by atomic mass is 16.5. The van der Waals surface area contributed by atoms with Gasteiger partial charge in [-0.2, -0.15) is 0 Å². The molecule has 0 aromatic carbocycles. The third-order valence-corrected chi connectivity index (χ3v) is 10.9. The molecule has 0 aromatic heterocycles. The maximum Gasteiger partial charge on any atom is 0.321 e. The van der Waals surface area contributed by atoms with Gasteiger partial charge in [0.15, 0.2) is 11.6 Å². The Kier molecular flexibility index (Phi) is 5.59. The van der Waals surface area contributed by atoms with Crippen LogP contribution in [0.3, 0.4) is 0 Å². The average molecular weight is 487 g/mol. The van der Waals surface area contributed by atoms with Crippen molar-refractivity contribution in [3.05, 3.63) is 11.6 Å². The fourth-order valence-corrected chi connectivity index (χ4v) is 9.19. The van der Waals surface area contributed by atoms with Crippen molar-refractivity contribution in [2.45, 2.75) is 80.3 Å². The van der Waals surface area contributed by atoms with Crippen LogP contribution in [0, 0.1) is 44.8 Å². The predicted octanol–water partition coefficient (Wildman–Crippen LogP) is 3.87. The first-order chi connectivity index (χ1) is 16.1.